The Kier molecular flexibility index (Phi) is 3.30. The van der Waals surface area contributed by atoms with Crippen molar-refractivity contribution in [3.63, 3.8) is 0 Å². The van der Waals surface area contributed by atoms with Crippen molar-refractivity contribution >= 4 is 0 Å². The smallest absolute Gasteiger partial charge is 0.119 e. The summed E-state index contributed by atoms with van der Waals surface area (Å²) in [6.45, 7) is 7.15. The monoisotopic (exact) mass is 259 g/mol. The molecule has 19 heavy (non-hydrogen) atoms. The minimum absolute atomic E-state index is 0.482. The number of nitrogens with one attached hydrogen (secondary N) is 1. The van der Waals surface area contributed by atoms with Gasteiger partial charge in [0.1, 0.15) is 5.75 Å². The van der Waals surface area contributed by atoms with Crippen LogP contribution in [0.5, 0.6) is 5.75 Å². The number of hydrogen-bond donors (Lipinski definition) is 1. The first-order valence-electron chi connectivity index (χ1n) is 7.59. The molecule has 104 valence electrons. The fourth-order valence-corrected chi connectivity index (χ4v) is 4.44. The first-order valence-corrected chi connectivity index (χ1v) is 7.59. The number of fused-ring (bicyclic) bond motifs is 1. The third-order valence-electron chi connectivity index (χ3n) is 5.57. The third-order valence-corrected chi connectivity index (χ3v) is 5.57. The zero-order chi connectivity index (χ0) is 13.5. The Hall–Kier alpha value is -1.02. The summed E-state index contributed by atoms with van der Waals surface area (Å²) >= 11 is 0. The number of methoxy groups -OCH3 is 1. The van der Waals surface area contributed by atoms with Gasteiger partial charge in [0.15, 0.2) is 0 Å². The topological polar surface area (TPSA) is 21.3 Å². The lowest BCUT2D eigenvalue weighted by Crippen LogP contribution is -2.39. The van der Waals surface area contributed by atoms with Crippen LogP contribution < -0.4 is 10.1 Å². The number of hydrogen-bond acceptors (Lipinski definition) is 2. The molecule has 1 heterocycles. The van der Waals surface area contributed by atoms with Gasteiger partial charge in [0.05, 0.1) is 7.11 Å². The van der Waals surface area contributed by atoms with Crippen molar-refractivity contribution in [3.8, 4) is 5.75 Å². The highest BCUT2D eigenvalue weighted by Crippen LogP contribution is 2.53. The van der Waals surface area contributed by atoms with Gasteiger partial charge in [-0.05, 0) is 66.3 Å². The first-order chi connectivity index (χ1) is 9.21. The molecule has 1 aromatic carbocycles. The molecule has 3 rings (SSSR count). The molecular weight excluding hydrogens is 234 g/mol. The van der Waals surface area contributed by atoms with Crippen LogP contribution in [0.15, 0.2) is 18.2 Å². The SMILES string of the molecule is CC[C@H]1c2ccc(OC)cc2CC[C@@]12CNC[C@H]2C. The Morgan fingerprint density at radius 3 is 2.89 bits per heavy atom. The summed E-state index contributed by atoms with van der Waals surface area (Å²) in [7, 11) is 1.76. The minimum atomic E-state index is 0.482. The van der Waals surface area contributed by atoms with Crippen molar-refractivity contribution in [2.45, 2.75) is 39.0 Å². The van der Waals surface area contributed by atoms with Crippen LogP contribution in [0.2, 0.25) is 0 Å². The summed E-state index contributed by atoms with van der Waals surface area (Å²) < 4.78 is 5.37. The summed E-state index contributed by atoms with van der Waals surface area (Å²) in [5.41, 5.74) is 3.57. The fourth-order valence-electron chi connectivity index (χ4n) is 4.44. The van der Waals surface area contributed by atoms with Crippen molar-refractivity contribution in [2.75, 3.05) is 20.2 Å². The molecule has 1 aliphatic heterocycles. The maximum absolute atomic E-state index is 5.37. The fraction of sp³-hybridized carbons (Fsp3) is 0.647. The lowest BCUT2D eigenvalue weighted by atomic mass is 9.59. The van der Waals surface area contributed by atoms with Gasteiger partial charge >= 0.3 is 0 Å². The first kappa shape index (κ1) is 13.0. The second-order valence-electron chi connectivity index (χ2n) is 6.29. The molecule has 1 saturated heterocycles. The van der Waals surface area contributed by atoms with Crippen molar-refractivity contribution in [1.82, 2.24) is 5.32 Å². The molecule has 1 fully saturated rings. The summed E-state index contributed by atoms with van der Waals surface area (Å²) in [4.78, 5) is 0. The normalized spacial score (nSPS) is 33.4. The lowest BCUT2D eigenvalue weighted by Gasteiger charge is -2.45. The average molecular weight is 259 g/mol. The summed E-state index contributed by atoms with van der Waals surface area (Å²) in [5, 5.41) is 3.63. The van der Waals surface area contributed by atoms with Crippen LogP contribution >= 0.6 is 0 Å². The van der Waals surface area contributed by atoms with Crippen molar-refractivity contribution in [1.29, 1.82) is 0 Å². The molecule has 2 aliphatic rings. The standard InChI is InChI=1S/C17H25NO/c1-4-16-15-6-5-14(19-3)9-13(15)7-8-17(16)11-18-10-12(17)2/h5-6,9,12,16,18H,4,7-8,10-11H2,1-3H3/t12-,16+,17+/m1/s1. The average Bonchev–Trinajstić information content (AvgIpc) is 2.80. The van der Waals surface area contributed by atoms with E-state index in [1.54, 1.807) is 12.7 Å². The van der Waals surface area contributed by atoms with E-state index in [4.69, 9.17) is 4.74 Å². The molecule has 1 spiro atoms. The van der Waals surface area contributed by atoms with E-state index in [0.29, 0.717) is 11.3 Å². The molecule has 2 nitrogen and oxygen atoms in total. The van der Waals surface area contributed by atoms with Crippen LogP contribution in [0.1, 0.15) is 43.7 Å². The van der Waals surface area contributed by atoms with Crippen LogP contribution in [0.3, 0.4) is 0 Å². The van der Waals surface area contributed by atoms with E-state index >= 15 is 0 Å². The highest BCUT2D eigenvalue weighted by atomic mass is 16.5. The predicted octanol–water partition coefficient (Wildman–Crippen LogP) is 3.36. The van der Waals surface area contributed by atoms with Gasteiger partial charge in [0, 0.05) is 6.54 Å². The molecule has 0 radical (unpaired) electrons. The maximum atomic E-state index is 5.37. The van der Waals surface area contributed by atoms with E-state index in [1.165, 1.54) is 37.9 Å². The highest BCUT2D eigenvalue weighted by Gasteiger charge is 2.48. The summed E-state index contributed by atoms with van der Waals surface area (Å²) in [5.74, 6) is 2.49. The Balaban J connectivity index is 2.02. The maximum Gasteiger partial charge on any atom is 0.119 e. The van der Waals surface area contributed by atoms with Crippen LogP contribution in [0.25, 0.3) is 0 Å². The molecule has 1 aliphatic carbocycles. The quantitative estimate of drug-likeness (QED) is 0.879. The van der Waals surface area contributed by atoms with Crippen molar-refractivity contribution in [2.24, 2.45) is 11.3 Å². The van der Waals surface area contributed by atoms with Crippen molar-refractivity contribution < 1.29 is 4.74 Å². The Morgan fingerprint density at radius 1 is 1.42 bits per heavy atom. The number of benzene rings is 1. The molecule has 3 atom stereocenters. The molecule has 2 heteroatoms. The predicted molar refractivity (Wildman–Crippen MR) is 78.8 cm³/mol. The lowest BCUT2D eigenvalue weighted by molar-refractivity contribution is 0.150. The van der Waals surface area contributed by atoms with Crippen LogP contribution in [-0.2, 0) is 6.42 Å². The Bertz CT molecular complexity index is 470. The van der Waals surface area contributed by atoms with Gasteiger partial charge in [-0.25, -0.2) is 0 Å². The van der Waals surface area contributed by atoms with Gasteiger partial charge in [-0.3, -0.25) is 0 Å². The van der Waals surface area contributed by atoms with Gasteiger partial charge in [0.2, 0.25) is 0 Å². The van der Waals surface area contributed by atoms with Crippen LogP contribution in [0, 0.1) is 11.3 Å². The van der Waals surface area contributed by atoms with Gasteiger partial charge < -0.3 is 10.1 Å². The van der Waals surface area contributed by atoms with E-state index in [2.05, 4.69) is 37.4 Å². The van der Waals surface area contributed by atoms with E-state index in [-0.39, 0.29) is 0 Å². The molecule has 0 unspecified atom stereocenters. The van der Waals surface area contributed by atoms with Crippen molar-refractivity contribution in [3.05, 3.63) is 29.3 Å². The molecule has 0 aromatic heterocycles. The second kappa shape index (κ2) is 4.82. The molecule has 0 saturated carbocycles. The Labute approximate surface area is 116 Å². The number of ether oxygens (including phenoxy) is 1. The number of rotatable bonds is 2. The minimum Gasteiger partial charge on any atom is -0.497 e. The third kappa shape index (κ3) is 1.88. The van der Waals surface area contributed by atoms with E-state index in [0.717, 1.165) is 11.7 Å². The van der Waals surface area contributed by atoms with Crippen LogP contribution in [0.4, 0.5) is 0 Å². The molecule has 1 N–H and O–H groups in total. The Morgan fingerprint density at radius 2 is 2.26 bits per heavy atom. The second-order valence-corrected chi connectivity index (χ2v) is 6.29. The van der Waals surface area contributed by atoms with E-state index in [9.17, 15) is 0 Å². The van der Waals surface area contributed by atoms with Crippen LogP contribution in [-0.4, -0.2) is 20.2 Å². The molecule has 1 aromatic rings. The van der Waals surface area contributed by atoms with Gasteiger partial charge in [-0.2, -0.15) is 0 Å². The van der Waals surface area contributed by atoms with Gasteiger partial charge in [0.25, 0.3) is 0 Å². The largest absolute Gasteiger partial charge is 0.497 e. The molecule has 0 amide bonds. The molecule has 0 bridgehead atoms. The zero-order valence-electron chi connectivity index (χ0n) is 12.3. The zero-order valence-corrected chi connectivity index (χ0v) is 12.3. The highest BCUT2D eigenvalue weighted by molar-refractivity contribution is 5.41. The van der Waals surface area contributed by atoms with Gasteiger partial charge in [-0.1, -0.05) is 19.9 Å². The summed E-state index contributed by atoms with van der Waals surface area (Å²) in [6, 6.07) is 6.69. The summed E-state index contributed by atoms with van der Waals surface area (Å²) in [6.07, 6.45) is 3.76. The van der Waals surface area contributed by atoms with Gasteiger partial charge in [-0.15, -0.1) is 0 Å². The van der Waals surface area contributed by atoms with E-state index in [1.807, 2.05) is 0 Å². The number of aryl methyl sites for hydroxylation is 1. The van der Waals surface area contributed by atoms with E-state index < -0.39 is 0 Å². The molecular formula is C17H25NO.